The quantitative estimate of drug-likeness (QED) is 0.791. The van der Waals surface area contributed by atoms with Crippen LogP contribution in [0.1, 0.15) is 19.5 Å². The van der Waals surface area contributed by atoms with Gasteiger partial charge in [-0.15, -0.1) is 0 Å². The van der Waals surface area contributed by atoms with Crippen molar-refractivity contribution in [3.05, 3.63) is 18.0 Å². The Morgan fingerprint density at radius 1 is 1.64 bits per heavy atom. The molecule has 0 amide bonds. The third-order valence-corrected chi connectivity index (χ3v) is 3.29. The van der Waals surface area contributed by atoms with Gasteiger partial charge in [-0.1, -0.05) is 0 Å². The molecule has 0 fully saturated rings. The number of hydrogen-bond donors (Lipinski definition) is 1. The molecule has 1 aromatic heterocycles. The maximum absolute atomic E-state index is 11.6. The molecule has 1 heterocycles. The van der Waals surface area contributed by atoms with Crippen molar-refractivity contribution in [2.24, 2.45) is 12.8 Å². The molecule has 1 rings (SSSR count). The van der Waals surface area contributed by atoms with Crippen molar-refractivity contribution in [1.82, 2.24) is 9.78 Å². The van der Waals surface area contributed by atoms with Crippen LogP contribution in [0.2, 0.25) is 0 Å². The van der Waals surface area contributed by atoms with Crippen molar-refractivity contribution < 1.29 is 4.21 Å². The zero-order valence-electron chi connectivity index (χ0n) is 8.86. The lowest BCUT2D eigenvalue weighted by atomic mass is 10.1. The summed E-state index contributed by atoms with van der Waals surface area (Å²) >= 11 is 0. The molecule has 0 bridgehead atoms. The minimum atomic E-state index is -0.928. The van der Waals surface area contributed by atoms with E-state index >= 15 is 0 Å². The molecule has 80 valence electrons. The van der Waals surface area contributed by atoms with Crippen LogP contribution < -0.4 is 5.73 Å². The van der Waals surface area contributed by atoms with Crippen molar-refractivity contribution in [1.29, 1.82) is 0 Å². The van der Waals surface area contributed by atoms with Crippen molar-refractivity contribution >= 4 is 10.8 Å². The zero-order chi connectivity index (χ0) is 10.8. The van der Waals surface area contributed by atoms with Gasteiger partial charge in [0.1, 0.15) is 0 Å². The Balaban J connectivity index is 2.50. The van der Waals surface area contributed by atoms with Crippen LogP contribution in [0.5, 0.6) is 0 Å². The molecule has 0 aliphatic carbocycles. The summed E-state index contributed by atoms with van der Waals surface area (Å²) in [6.45, 7) is 3.76. The number of aryl methyl sites for hydroxylation is 1. The molecule has 0 aromatic carbocycles. The molecule has 0 aliphatic heterocycles. The van der Waals surface area contributed by atoms with Crippen LogP contribution >= 0.6 is 0 Å². The van der Waals surface area contributed by atoms with E-state index in [4.69, 9.17) is 5.73 Å². The van der Waals surface area contributed by atoms with Crippen molar-refractivity contribution in [3.8, 4) is 0 Å². The van der Waals surface area contributed by atoms with Crippen LogP contribution in [-0.4, -0.2) is 25.3 Å². The van der Waals surface area contributed by atoms with Crippen LogP contribution in [0.15, 0.2) is 12.3 Å². The summed E-state index contributed by atoms with van der Waals surface area (Å²) in [6, 6.07) is 1.88. The average Bonchev–Trinajstić information content (AvgIpc) is 2.30. The van der Waals surface area contributed by atoms with Crippen molar-refractivity contribution in [2.45, 2.75) is 25.1 Å². The lowest BCUT2D eigenvalue weighted by Gasteiger charge is -2.16. The van der Waals surface area contributed by atoms with Crippen molar-refractivity contribution in [3.63, 3.8) is 0 Å². The molecular weight excluding hydrogens is 198 g/mol. The molecule has 0 aliphatic rings. The lowest BCUT2D eigenvalue weighted by molar-refractivity contribution is 0.577. The first-order valence-corrected chi connectivity index (χ1v) is 5.98. The van der Waals surface area contributed by atoms with E-state index in [-0.39, 0.29) is 5.54 Å². The predicted octanol–water partition coefficient (Wildman–Crippen LogP) is 0.406. The minimum Gasteiger partial charge on any atom is -0.325 e. The van der Waals surface area contributed by atoms with E-state index in [0.29, 0.717) is 11.5 Å². The molecule has 4 nitrogen and oxygen atoms in total. The molecule has 1 unspecified atom stereocenters. The van der Waals surface area contributed by atoms with Gasteiger partial charge in [0, 0.05) is 35.3 Å². The van der Waals surface area contributed by atoms with Gasteiger partial charge in [0.25, 0.3) is 0 Å². The standard InChI is InChI=1S/C9H17N3OS/c1-9(2,10)7-14(13)6-8-4-5-12(3)11-8/h4-5H,6-7,10H2,1-3H3. The van der Waals surface area contributed by atoms with E-state index in [0.717, 1.165) is 5.69 Å². The number of nitrogens with two attached hydrogens (primary N) is 1. The first-order valence-electron chi connectivity index (χ1n) is 4.49. The molecule has 0 saturated carbocycles. The smallest absolute Gasteiger partial charge is 0.0749 e. The molecule has 1 atom stereocenters. The number of hydrogen-bond acceptors (Lipinski definition) is 3. The summed E-state index contributed by atoms with van der Waals surface area (Å²) in [4.78, 5) is 0. The monoisotopic (exact) mass is 215 g/mol. The maximum Gasteiger partial charge on any atom is 0.0749 e. The number of aromatic nitrogens is 2. The highest BCUT2D eigenvalue weighted by molar-refractivity contribution is 7.84. The second-order valence-corrected chi connectivity index (χ2v) is 5.65. The predicted molar refractivity (Wildman–Crippen MR) is 58.2 cm³/mol. The molecule has 5 heteroatoms. The normalized spacial score (nSPS) is 14.3. The van der Waals surface area contributed by atoms with E-state index in [2.05, 4.69) is 5.10 Å². The fourth-order valence-electron chi connectivity index (χ4n) is 1.17. The molecule has 0 saturated heterocycles. The Labute approximate surface area is 86.9 Å². The number of nitrogens with zero attached hydrogens (tertiary/aromatic N) is 2. The largest absolute Gasteiger partial charge is 0.325 e. The van der Waals surface area contributed by atoms with Gasteiger partial charge < -0.3 is 5.73 Å². The van der Waals surface area contributed by atoms with Gasteiger partial charge in [-0.25, -0.2) is 0 Å². The molecular formula is C9H17N3OS. The van der Waals surface area contributed by atoms with Gasteiger partial charge in [-0.05, 0) is 19.9 Å². The van der Waals surface area contributed by atoms with Gasteiger partial charge in [-0.3, -0.25) is 8.89 Å². The van der Waals surface area contributed by atoms with E-state index < -0.39 is 10.8 Å². The number of rotatable bonds is 4. The Morgan fingerprint density at radius 3 is 2.71 bits per heavy atom. The highest BCUT2D eigenvalue weighted by atomic mass is 32.2. The summed E-state index contributed by atoms with van der Waals surface area (Å²) in [5.41, 5.74) is 6.26. The maximum atomic E-state index is 11.6. The zero-order valence-corrected chi connectivity index (χ0v) is 9.67. The van der Waals surface area contributed by atoms with Crippen LogP contribution in [0.3, 0.4) is 0 Å². The van der Waals surface area contributed by atoms with Gasteiger partial charge in [-0.2, -0.15) is 5.10 Å². The third kappa shape index (κ3) is 4.02. The third-order valence-electron chi connectivity index (χ3n) is 1.61. The fourth-order valence-corrected chi connectivity index (χ4v) is 2.59. The summed E-state index contributed by atoms with van der Waals surface area (Å²) in [5, 5.41) is 4.16. The first-order chi connectivity index (χ1) is 6.37. The molecule has 0 spiro atoms. The van der Waals surface area contributed by atoms with E-state index in [1.165, 1.54) is 0 Å². The first kappa shape index (κ1) is 11.4. The molecule has 1 aromatic rings. The average molecular weight is 215 g/mol. The van der Waals surface area contributed by atoms with E-state index in [9.17, 15) is 4.21 Å². The summed E-state index contributed by atoms with van der Waals surface area (Å²) in [5.74, 6) is 0.991. The Hall–Kier alpha value is -0.680. The lowest BCUT2D eigenvalue weighted by Crippen LogP contribution is -2.38. The van der Waals surface area contributed by atoms with Gasteiger partial charge in [0.15, 0.2) is 0 Å². The van der Waals surface area contributed by atoms with Gasteiger partial charge >= 0.3 is 0 Å². The highest BCUT2D eigenvalue weighted by Crippen LogP contribution is 2.05. The molecule has 2 N–H and O–H groups in total. The Kier molecular flexibility index (Phi) is 3.44. The van der Waals surface area contributed by atoms with Crippen LogP contribution in [0.25, 0.3) is 0 Å². The minimum absolute atomic E-state index is 0.375. The van der Waals surface area contributed by atoms with Gasteiger partial charge in [0.2, 0.25) is 0 Å². The second kappa shape index (κ2) is 4.23. The second-order valence-electron chi connectivity index (χ2n) is 4.20. The molecule has 0 radical (unpaired) electrons. The fraction of sp³-hybridized carbons (Fsp3) is 0.667. The Bertz CT molecular complexity index is 327. The Morgan fingerprint density at radius 2 is 2.29 bits per heavy atom. The summed E-state index contributed by atoms with van der Waals surface area (Å²) in [6.07, 6.45) is 1.85. The highest BCUT2D eigenvalue weighted by Gasteiger charge is 2.15. The molecule has 14 heavy (non-hydrogen) atoms. The summed E-state index contributed by atoms with van der Waals surface area (Å²) in [7, 11) is 0.919. The van der Waals surface area contributed by atoms with E-state index in [1.807, 2.05) is 33.2 Å². The van der Waals surface area contributed by atoms with Gasteiger partial charge in [0.05, 0.1) is 11.4 Å². The van der Waals surface area contributed by atoms with Crippen LogP contribution in [0, 0.1) is 0 Å². The van der Waals surface area contributed by atoms with Crippen molar-refractivity contribution in [2.75, 3.05) is 5.75 Å². The summed E-state index contributed by atoms with van der Waals surface area (Å²) < 4.78 is 13.3. The van der Waals surface area contributed by atoms with E-state index in [1.54, 1.807) is 4.68 Å². The van der Waals surface area contributed by atoms with Crippen LogP contribution in [-0.2, 0) is 23.6 Å². The topological polar surface area (TPSA) is 60.9 Å². The van der Waals surface area contributed by atoms with Crippen LogP contribution in [0.4, 0.5) is 0 Å². The SMILES string of the molecule is Cn1ccc(CS(=O)CC(C)(C)N)n1.